The molecule has 1 heterocycles. The number of halogens is 3. The van der Waals surface area contributed by atoms with Gasteiger partial charge in [0.15, 0.2) is 5.16 Å². The fraction of sp³-hybridized carbons (Fsp3) is 0.273. The number of thioether (sulfide) groups is 1. The summed E-state index contributed by atoms with van der Waals surface area (Å²) in [6.45, 7) is 0. The predicted octanol–water partition coefficient (Wildman–Crippen LogP) is 2.36. The first-order valence-corrected chi connectivity index (χ1v) is 8.49. The van der Waals surface area contributed by atoms with E-state index in [4.69, 9.17) is 0 Å². The number of nitrogens with one attached hydrogen (secondary N) is 1. The van der Waals surface area contributed by atoms with Gasteiger partial charge in [-0.1, -0.05) is 17.8 Å². The Morgan fingerprint density at radius 1 is 1.32 bits per heavy atom. The lowest BCUT2D eigenvalue weighted by atomic mass is 10.2. The summed E-state index contributed by atoms with van der Waals surface area (Å²) in [5.74, 6) is -0.204. The van der Waals surface area contributed by atoms with Gasteiger partial charge < -0.3 is 0 Å². The molecule has 2 aromatic rings. The Bertz CT molecular complexity index is 787. The number of alkyl halides is 3. The van der Waals surface area contributed by atoms with Gasteiger partial charge in [-0.25, -0.2) is 17.8 Å². The van der Waals surface area contributed by atoms with Crippen molar-refractivity contribution in [1.29, 1.82) is 0 Å². The molecule has 0 atom stereocenters. The first-order valence-electron chi connectivity index (χ1n) is 5.78. The molecular weight excluding hydrogens is 341 g/mol. The van der Waals surface area contributed by atoms with Gasteiger partial charge in [-0.2, -0.15) is 18.2 Å². The van der Waals surface area contributed by atoms with Crippen molar-refractivity contribution in [3.8, 4) is 0 Å². The van der Waals surface area contributed by atoms with Crippen molar-refractivity contribution in [3.05, 3.63) is 29.8 Å². The summed E-state index contributed by atoms with van der Waals surface area (Å²) < 4.78 is 65.6. The van der Waals surface area contributed by atoms with E-state index in [1.54, 1.807) is 13.3 Å². The van der Waals surface area contributed by atoms with Crippen molar-refractivity contribution in [2.45, 2.75) is 16.2 Å². The second-order valence-corrected chi connectivity index (χ2v) is 6.63. The van der Waals surface area contributed by atoms with Crippen LogP contribution in [0.15, 0.2) is 34.3 Å². The van der Waals surface area contributed by atoms with Crippen LogP contribution >= 0.6 is 11.8 Å². The molecule has 1 N–H and O–H groups in total. The maximum atomic E-state index is 12.6. The average Bonchev–Trinajstić information content (AvgIpc) is 2.77. The number of rotatable bonds is 4. The summed E-state index contributed by atoms with van der Waals surface area (Å²) in [5.41, 5.74) is -1.05. The van der Waals surface area contributed by atoms with Crippen molar-refractivity contribution in [1.82, 2.24) is 14.8 Å². The van der Waals surface area contributed by atoms with Gasteiger partial charge >= 0.3 is 6.18 Å². The maximum Gasteiger partial charge on any atom is 0.416 e. The van der Waals surface area contributed by atoms with Crippen molar-refractivity contribution < 1.29 is 21.6 Å². The van der Waals surface area contributed by atoms with Gasteiger partial charge in [0.2, 0.25) is 0 Å². The molecule has 0 aliphatic rings. The molecule has 0 saturated carbocycles. The minimum atomic E-state index is -4.62. The molecule has 0 aliphatic carbocycles. The van der Waals surface area contributed by atoms with Crippen LogP contribution in [0.1, 0.15) is 5.56 Å². The first kappa shape index (κ1) is 16.6. The highest BCUT2D eigenvalue weighted by molar-refractivity contribution is 7.98. The van der Waals surface area contributed by atoms with E-state index >= 15 is 0 Å². The number of anilines is 1. The highest BCUT2D eigenvalue weighted by Crippen LogP contribution is 2.30. The molecule has 11 heteroatoms. The van der Waals surface area contributed by atoms with Crippen LogP contribution in [0.4, 0.5) is 19.1 Å². The Kier molecular flexibility index (Phi) is 4.38. The number of sulfonamides is 1. The van der Waals surface area contributed by atoms with Crippen LogP contribution < -0.4 is 4.72 Å². The zero-order chi connectivity index (χ0) is 16.5. The van der Waals surface area contributed by atoms with Gasteiger partial charge in [0.1, 0.15) is 0 Å². The van der Waals surface area contributed by atoms with Gasteiger partial charge in [-0.15, -0.1) is 5.10 Å². The summed E-state index contributed by atoms with van der Waals surface area (Å²) in [4.78, 5) is 3.40. The molecule has 2 rings (SSSR count). The lowest BCUT2D eigenvalue weighted by Gasteiger charge is -2.09. The first-order chi connectivity index (χ1) is 10.1. The zero-order valence-corrected chi connectivity index (χ0v) is 13.1. The summed E-state index contributed by atoms with van der Waals surface area (Å²) in [6, 6.07) is 3.44. The molecule has 0 spiro atoms. The molecule has 0 radical (unpaired) electrons. The van der Waals surface area contributed by atoms with Gasteiger partial charge in [-0.3, -0.25) is 0 Å². The van der Waals surface area contributed by atoms with Gasteiger partial charge in [0.25, 0.3) is 16.0 Å². The predicted molar refractivity (Wildman–Crippen MR) is 75.0 cm³/mol. The number of benzene rings is 1. The molecule has 0 unspecified atom stereocenters. The van der Waals surface area contributed by atoms with E-state index in [0.717, 1.165) is 18.2 Å². The van der Waals surface area contributed by atoms with Crippen molar-refractivity contribution >= 4 is 27.7 Å². The van der Waals surface area contributed by atoms with Crippen LogP contribution in [0.2, 0.25) is 0 Å². The Balaban J connectivity index is 2.34. The van der Waals surface area contributed by atoms with Crippen LogP contribution in [-0.4, -0.2) is 29.4 Å². The molecule has 0 amide bonds. The Morgan fingerprint density at radius 3 is 2.55 bits per heavy atom. The van der Waals surface area contributed by atoms with E-state index in [2.05, 4.69) is 14.8 Å². The normalized spacial score (nSPS) is 12.4. The van der Waals surface area contributed by atoms with Crippen molar-refractivity contribution in [3.63, 3.8) is 0 Å². The Hall–Kier alpha value is -1.75. The van der Waals surface area contributed by atoms with Crippen LogP contribution in [0.3, 0.4) is 0 Å². The number of hydrogen-bond acceptors (Lipinski definition) is 5. The van der Waals surface area contributed by atoms with E-state index in [1.165, 1.54) is 16.4 Å². The second-order valence-electron chi connectivity index (χ2n) is 4.18. The topological polar surface area (TPSA) is 76.9 Å². The molecule has 22 heavy (non-hydrogen) atoms. The Morgan fingerprint density at radius 2 is 2.00 bits per heavy atom. The third-order valence-electron chi connectivity index (χ3n) is 2.60. The summed E-state index contributed by atoms with van der Waals surface area (Å²) in [6.07, 6.45) is -2.89. The van der Waals surface area contributed by atoms with E-state index in [9.17, 15) is 21.6 Å². The highest BCUT2D eigenvalue weighted by Gasteiger charge is 2.31. The van der Waals surface area contributed by atoms with Crippen LogP contribution in [0, 0.1) is 0 Å². The van der Waals surface area contributed by atoms with Crippen molar-refractivity contribution in [2.75, 3.05) is 11.0 Å². The number of aromatic nitrogens is 3. The van der Waals surface area contributed by atoms with Crippen LogP contribution in [0.5, 0.6) is 0 Å². The van der Waals surface area contributed by atoms with Crippen LogP contribution in [-0.2, 0) is 23.2 Å². The minimum Gasteiger partial charge on any atom is -0.246 e. The highest BCUT2D eigenvalue weighted by atomic mass is 32.2. The maximum absolute atomic E-state index is 12.6. The molecule has 120 valence electrons. The lowest BCUT2D eigenvalue weighted by Crippen LogP contribution is -2.15. The monoisotopic (exact) mass is 352 g/mol. The molecule has 0 aliphatic heterocycles. The average molecular weight is 352 g/mol. The molecule has 0 fully saturated rings. The number of nitrogens with zero attached hydrogens (tertiary/aromatic N) is 3. The smallest absolute Gasteiger partial charge is 0.246 e. The van der Waals surface area contributed by atoms with E-state index in [1.807, 2.05) is 0 Å². The summed E-state index contributed by atoms with van der Waals surface area (Å²) in [5, 5.41) is 4.30. The summed E-state index contributed by atoms with van der Waals surface area (Å²) in [7, 11) is -2.64. The Labute approximate surface area is 128 Å². The van der Waals surface area contributed by atoms with Crippen LogP contribution in [0.25, 0.3) is 0 Å². The third kappa shape index (κ3) is 3.53. The number of hydrogen-bond donors (Lipinski definition) is 1. The van der Waals surface area contributed by atoms with E-state index in [-0.39, 0.29) is 5.95 Å². The molecule has 0 saturated heterocycles. The second kappa shape index (κ2) is 5.80. The van der Waals surface area contributed by atoms with E-state index < -0.39 is 26.7 Å². The SMILES string of the molecule is CSc1nc(NS(=O)(=O)c2cccc(C(F)(F)F)c2)nn1C. The molecule has 6 nitrogen and oxygen atoms in total. The van der Waals surface area contributed by atoms with Gasteiger partial charge in [0, 0.05) is 7.05 Å². The third-order valence-corrected chi connectivity index (χ3v) is 4.65. The largest absolute Gasteiger partial charge is 0.416 e. The molecule has 1 aromatic carbocycles. The zero-order valence-electron chi connectivity index (χ0n) is 11.4. The quantitative estimate of drug-likeness (QED) is 0.855. The minimum absolute atomic E-state index is 0.204. The lowest BCUT2D eigenvalue weighted by molar-refractivity contribution is -0.137. The standard InChI is InChI=1S/C11H11F3N4O2S2/c1-18-10(21-2)15-9(16-18)17-22(19,20)8-5-3-4-7(6-8)11(12,13)14/h3-6H,1-2H3,(H,16,17). The molecular formula is C11H11F3N4O2S2. The molecule has 1 aromatic heterocycles. The van der Waals surface area contributed by atoms with Gasteiger partial charge in [0.05, 0.1) is 10.5 Å². The fourth-order valence-electron chi connectivity index (χ4n) is 1.61. The van der Waals surface area contributed by atoms with Gasteiger partial charge in [-0.05, 0) is 24.5 Å². The molecule has 0 bridgehead atoms. The number of aryl methyl sites for hydroxylation is 1. The van der Waals surface area contributed by atoms with Crippen molar-refractivity contribution in [2.24, 2.45) is 7.05 Å². The summed E-state index contributed by atoms with van der Waals surface area (Å²) >= 11 is 1.25. The fourth-order valence-corrected chi connectivity index (χ4v) is 3.08. The van der Waals surface area contributed by atoms with E-state index in [0.29, 0.717) is 11.2 Å².